The Morgan fingerprint density at radius 2 is 2.23 bits per heavy atom. The molecule has 1 fully saturated rings. The van der Waals surface area contributed by atoms with Crippen LogP contribution in [0.4, 0.5) is 10.5 Å². The minimum absolute atomic E-state index is 0.104. The Labute approximate surface area is 140 Å². The number of nitrogens with zero attached hydrogens (tertiary/aromatic N) is 2. The van der Waals surface area contributed by atoms with Gasteiger partial charge in [0.25, 0.3) is 0 Å². The third-order valence-electron chi connectivity index (χ3n) is 4.23. The quantitative estimate of drug-likeness (QED) is 0.825. The number of ether oxygens (including phenoxy) is 1. The van der Waals surface area contributed by atoms with Gasteiger partial charge in [-0.2, -0.15) is 0 Å². The number of aromatic nitrogens is 1. The van der Waals surface area contributed by atoms with Gasteiger partial charge in [-0.1, -0.05) is 20.8 Å². The molecular weight excluding hydrogens is 346 g/mol. The predicted octanol–water partition coefficient (Wildman–Crippen LogP) is 3.44. The lowest BCUT2D eigenvalue weighted by Crippen LogP contribution is -2.40. The SMILES string of the molecule is CNC(=O)OC1(CN(C)c2ccc(Br)nc2)CC1C(C)(C)C. The normalized spacial score (nSPS) is 23.8. The zero-order valence-electron chi connectivity index (χ0n) is 13.8. The van der Waals surface area contributed by atoms with Crippen molar-refractivity contribution in [1.82, 2.24) is 10.3 Å². The van der Waals surface area contributed by atoms with Gasteiger partial charge in [0.05, 0.1) is 18.4 Å². The van der Waals surface area contributed by atoms with Gasteiger partial charge in [0, 0.05) is 20.0 Å². The van der Waals surface area contributed by atoms with Crippen LogP contribution in [0.15, 0.2) is 22.9 Å². The molecule has 1 aliphatic rings. The molecule has 5 nitrogen and oxygen atoms in total. The highest BCUT2D eigenvalue weighted by molar-refractivity contribution is 9.10. The van der Waals surface area contributed by atoms with Crippen molar-refractivity contribution in [3.05, 3.63) is 22.9 Å². The number of alkyl carbamates (subject to hydrolysis) is 1. The summed E-state index contributed by atoms with van der Waals surface area (Å²) in [4.78, 5) is 18.1. The van der Waals surface area contributed by atoms with Gasteiger partial charge in [-0.3, -0.25) is 0 Å². The summed E-state index contributed by atoms with van der Waals surface area (Å²) in [6.45, 7) is 7.22. The van der Waals surface area contributed by atoms with E-state index in [0.29, 0.717) is 12.5 Å². The molecule has 2 unspecified atom stereocenters. The average Bonchev–Trinajstić information content (AvgIpc) is 3.13. The van der Waals surface area contributed by atoms with Gasteiger partial charge in [0.2, 0.25) is 0 Å². The molecule has 1 aliphatic carbocycles. The Hall–Kier alpha value is -1.30. The lowest BCUT2D eigenvalue weighted by atomic mass is 9.88. The Kier molecular flexibility index (Phi) is 4.70. The molecule has 0 radical (unpaired) electrons. The number of halogens is 1. The van der Waals surface area contributed by atoms with Crippen molar-refractivity contribution >= 4 is 27.7 Å². The van der Waals surface area contributed by atoms with E-state index >= 15 is 0 Å². The lowest BCUT2D eigenvalue weighted by molar-refractivity contribution is 0.0631. The molecule has 1 N–H and O–H groups in total. The first-order valence-corrected chi connectivity index (χ1v) is 8.21. The van der Waals surface area contributed by atoms with Crippen LogP contribution in [-0.4, -0.2) is 37.3 Å². The van der Waals surface area contributed by atoms with E-state index in [1.165, 1.54) is 0 Å². The molecule has 1 heterocycles. The summed E-state index contributed by atoms with van der Waals surface area (Å²) in [5.74, 6) is 0.350. The molecule has 0 aromatic carbocycles. The summed E-state index contributed by atoms with van der Waals surface area (Å²) < 4.78 is 6.54. The van der Waals surface area contributed by atoms with Crippen molar-refractivity contribution in [3.8, 4) is 0 Å². The fraction of sp³-hybridized carbons (Fsp3) is 0.625. The van der Waals surface area contributed by atoms with E-state index in [4.69, 9.17) is 4.74 Å². The molecule has 1 aromatic heterocycles. The molecule has 0 bridgehead atoms. The Morgan fingerprint density at radius 1 is 1.55 bits per heavy atom. The highest BCUT2D eigenvalue weighted by Crippen LogP contribution is 2.56. The summed E-state index contributed by atoms with van der Waals surface area (Å²) in [7, 11) is 3.59. The Bertz CT molecular complexity index is 541. The van der Waals surface area contributed by atoms with Crippen LogP contribution in [0.3, 0.4) is 0 Å². The van der Waals surface area contributed by atoms with Crippen LogP contribution in [0.2, 0.25) is 0 Å². The Balaban J connectivity index is 2.14. The second-order valence-corrected chi connectivity index (χ2v) is 7.83. The number of pyridine rings is 1. The smallest absolute Gasteiger partial charge is 0.407 e. The van der Waals surface area contributed by atoms with E-state index in [2.05, 4.69) is 51.9 Å². The van der Waals surface area contributed by atoms with Gasteiger partial charge < -0.3 is 15.0 Å². The molecule has 1 amide bonds. The van der Waals surface area contributed by atoms with Crippen molar-refractivity contribution < 1.29 is 9.53 Å². The second kappa shape index (κ2) is 6.07. The number of hydrogen-bond acceptors (Lipinski definition) is 4. The third kappa shape index (κ3) is 3.72. The Morgan fingerprint density at radius 3 is 2.68 bits per heavy atom. The molecule has 22 heavy (non-hydrogen) atoms. The van der Waals surface area contributed by atoms with E-state index in [-0.39, 0.29) is 11.5 Å². The number of hydrogen-bond donors (Lipinski definition) is 1. The number of likely N-dealkylation sites (N-methyl/N-ethyl adjacent to an activating group) is 1. The number of carbonyl (C=O) groups is 1. The number of amides is 1. The number of nitrogens with one attached hydrogen (secondary N) is 1. The fourth-order valence-electron chi connectivity index (χ4n) is 3.02. The predicted molar refractivity (Wildman–Crippen MR) is 91.0 cm³/mol. The molecule has 0 spiro atoms. The first-order chi connectivity index (χ1) is 10.2. The summed E-state index contributed by atoms with van der Waals surface area (Å²) in [6, 6.07) is 3.91. The summed E-state index contributed by atoms with van der Waals surface area (Å²) in [6.07, 6.45) is 2.33. The minimum atomic E-state index is -0.430. The summed E-state index contributed by atoms with van der Waals surface area (Å²) in [5.41, 5.74) is 0.676. The van der Waals surface area contributed by atoms with Crippen LogP contribution < -0.4 is 10.2 Å². The summed E-state index contributed by atoms with van der Waals surface area (Å²) in [5, 5.41) is 2.56. The highest BCUT2D eigenvalue weighted by atomic mass is 79.9. The van der Waals surface area contributed by atoms with E-state index < -0.39 is 5.60 Å². The second-order valence-electron chi connectivity index (χ2n) is 7.02. The lowest BCUT2D eigenvalue weighted by Gasteiger charge is -2.29. The minimum Gasteiger partial charge on any atom is -0.441 e. The van der Waals surface area contributed by atoms with Crippen molar-refractivity contribution in [3.63, 3.8) is 0 Å². The monoisotopic (exact) mass is 369 g/mol. The van der Waals surface area contributed by atoms with E-state index in [9.17, 15) is 4.79 Å². The van der Waals surface area contributed by atoms with Crippen molar-refractivity contribution in [2.45, 2.75) is 32.8 Å². The van der Waals surface area contributed by atoms with Crippen LogP contribution in [0.5, 0.6) is 0 Å². The maximum absolute atomic E-state index is 11.7. The van der Waals surface area contributed by atoms with Gasteiger partial charge in [-0.25, -0.2) is 9.78 Å². The third-order valence-corrected chi connectivity index (χ3v) is 4.70. The summed E-state index contributed by atoms with van der Waals surface area (Å²) >= 11 is 3.34. The maximum Gasteiger partial charge on any atom is 0.407 e. The van der Waals surface area contributed by atoms with Crippen molar-refractivity contribution in [1.29, 1.82) is 0 Å². The van der Waals surface area contributed by atoms with Crippen molar-refractivity contribution in [2.24, 2.45) is 11.3 Å². The van der Waals surface area contributed by atoms with Gasteiger partial charge in [-0.15, -0.1) is 0 Å². The van der Waals surface area contributed by atoms with Crippen molar-refractivity contribution in [2.75, 3.05) is 25.5 Å². The number of rotatable bonds is 4. The average molecular weight is 370 g/mol. The highest BCUT2D eigenvalue weighted by Gasteiger charge is 2.62. The van der Waals surface area contributed by atoms with E-state index in [1.54, 1.807) is 7.05 Å². The molecular formula is C16H24BrN3O2. The van der Waals surface area contributed by atoms with E-state index in [1.807, 2.05) is 25.4 Å². The topological polar surface area (TPSA) is 54.5 Å². The van der Waals surface area contributed by atoms with Crippen LogP contribution >= 0.6 is 15.9 Å². The molecule has 0 saturated heterocycles. The fourth-order valence-corrected chi connectivity index (χ4v) is 3.26. The molecule has 6 heteroatoms. The largest absolute Gasteiger partial charge is 0.441 e. The molecule has 2 atom stereocenters. The zero-order valence-corrected chi connectivity index (χ0v) is 15.4. The first kappa shape index (κ1) is 17.1. The number of carbonyl (C=O) groups excluding carboxylic acids is 1. The van der Waals surface area contributed by atoms with Gasteiger partial charge in [-0.05, 0) is 39.9 Å². The molecule has 1 aromatic rings. The molecule has 0 aliphatic heterocycles. The van der Waals surface area contributed by atoms with Gasteiger partial charge in [0.15, 0.2) is 0 Å². The zero-order chi connectivity index (χ0) is 16.5. The van der Waals surface area contributed by atoms with Gasteiger partial charge in [0.1, 0.15) is 10.2 Å². The molecule has 122 valence electrons. The molecule has 2 rings (SSSR count). The maximum atomic E-state index is 11.7. The molecule has 1 saturated carbocycles. The number of anilines is 1. The van der Waals surface area contributed by atoms with Crippen LogP contribution in [-0.2, 0) is 4.74 Å². The van der Waals surface area contributed by atoms with Crippen LogP contribution in [0.25, 0.3) is 0 Å². The standard InChI is InChI=1S/C16H24BrN3O2/c1-15(2,3)12-8-16(12,22-14(21)18-4)10-20(5)11-6-7-13(17)19-9-11/h6-7,9,12H,8,10H2,1-5H3,(H,18,21). The van der Waals surface area contributed by atoms with Crippen LogP contribution in [0.1, 0.15) is 27.2 Å². The van der Waals surface area contributed by atoms with E-state index in [0.717, 1.165) is 16.7 Å². The first-order valence-electron chi connectivity index (χ1n) is 7.41. The van der Waals surface area contributed by atoms with Crippen LogP contribution in [0, 0.1) is 11.3 Å². The van der Waals surface area contributed by atoms with Gasteiger partial charge >= 0.3 is 6.09 Å².